The Morgan fingerprint density at radius 2 is 2.12 bits per heavy atom. The van der Waals surface area contributed by atoms with Crippen molar-refractivity contribution < 1.29 is 4.74 Å². The summed E-state index contributed by atoms with van der Waals surface area (Å²) in [4.78, 5) is 2.87. The molecule has 92 valence electrons. The second kappa shape index (κ2) is 6.10. The highest BCUT2D eigenvalue weighted by Gasteiger charge is 2.12. The third-order valence-corrected chi connectivity index (χ3v) is 3.21. The number of rotatable bonds is 3. The van der Waals surface area contributed by atoms with E-state index in [2.05, 4.69) is 11.0 Å². The van der Waals surface area contributed by atoms with E-state index in [9.17, 15) is 0 Å². The van der Waals surface area contributed by atoms with Gasteiger partial charge in [-0.2, -0.15) is 0 Å². The minimum atomic E-state index is 0.478. The van der Waals surface area contributed by atoms with Crippen molar-refractivity contribution in [3.05, 3.63) is 35.4 Å². The average Bonchev–Trinajstić information content (AvgIpc) is 2.58. The first kappa shape index (κ1) is 12.5. The fraction of sp³-hybridized carbons (Fsp3) is 0.462. The molecule has 2 N–H and O–H groups in total. The third-order valence-electron chi connectivity index (χ3n) is 2.99. The first-order valence-corrected chi connectivity index (χ1v) is 6.36. The van der Waals surface area contributed by atoms with Crippen molar-refractivity contribution in [2.24, 2.45) is 5.73 Å². The number of hydrogen-bond acceptors (Lipinski definition) is 3. The maximum atomic E-state index is 5.74. The lowest BCUT2D eigenvalue weighted by Gasteiger charge is -2.20. The molecule has 0 aliphatic carbocycles. The molecule has 0 atom stereocenters. The van der Waals surface area contributed by atoms with Crippen molar-refractivity contribution in [1.82, 2.24) is 4.90 Å². The first-order chi connectivity index (χ1) is 8.27. The van der Waals surface area contributed by atoms with Gasteiger partial charge in [0.05, 0.1) is 6.61 Å². The molecule has 0 bridgehead atoms. The van der Waals surface area contributed by atoms with E-state index in [1.54, 1.807) is 0 Å². The Morgan fingerprint density at radius 1 is 1.29 bits per heavy atom. The van der Waals surface area contributed by atoms with E-state index in [-0.39, 0.29) is 0 Å². The number of nitrogens with zero attached hydrogens (tertiary/aromatic N) is 1. The summed E-state index contributed by atoms with van der Waals surface area (Å²) in [5, 5.41) is 0. The van der Waals surface area contributed by atoms with Crippen molar-refractivity contribution in [3.63, 3.8) is 0 Å². The Bertz CT molecular complexity index is 387. The van der Waals surface area contributed by atoms with Gasteiger partial charge in [0.15, 0.2) is 0 Å². The first-order valence-electron chi connectivity index (χ1n) is 5.95. The molecular formula is C13H18N2OS. The van der Waals surface area contributed by atoms with Crippen LogP contribution in [0.1, 0.15) is 17.5 Å². The van der Waals surface area contributed by atoms with Crippen molar-refractivity contribution in [2.45, 2.75) is 13.0 Å². The fourth-order valence-electron chi connectivity index (χ4n) is 2.10. The molecule has 0 radical (unpaired) electrons. The largest absolute Gasteiger partial charge is 0.389 e. The molecule has 1 aromatic rings. The third kappa shape index (κ3) is 3.49. The van der Waals surface area contributed by atoms with E-state index >= 15 is 0 Å². The molecule has 1 aliphatic rings. The van der Waals surface area contributed by atoms with Crippen LogP contribution in [0.5, 0.6) is 0 Å². The van der Waals surface area contributed by atoms with Crippen molar-refractivity contribution in [3.8, 4) is 0 Å². The predicted molar refractivity (Wildman–Crippen MR) is 73.0 cm³/mol. The van der Waals surface area contributed by atoms with E-state index < -0.39 is 0 Å². The van der Waals surface area contributed by atoms with Gasteiger partial charge in [0, 0.05) is 31.8 Å². The van der Waals surface area contributed by atoms with Crippen molar-refractivity contribution in [1.29, 1.82) is 0 Å². The normalized spacial score (nSPS) is 17.6. The molecule has 4 heteroatoms. The van der Waals surface area contributed by atoms with Crippen LogP contribution in [0, 0.1) is 0 Å². The quantitative estimate of drug-likeness (QED) is 0.826. The van der Waals surface area contributed by atoms with Gasteiger partial charge in [0.1, 0.15) is 4.99 Å². The summed E-state index contributed by atoms with van der Waals surface area (Å²) in [5.41, 5.74) is 7.94. The van der Waals surface area contributed by atoms with Crippen LogP contribution >= 0.6 is 12.2 Å². The molecule has 0 aromatic heterocycles. The molecule has 0 spiro atoms. The summed E-state index contributed by atoms with van der Waals surface area (Å²) in [5.74, 6) is 0. The fourth-order valence-corrected chi connectivity index (χ4v) is 2.29. The van der Waals surface area contributed by atoms with Gasteiger partial charge in [0.2, 0.25) is 0 Å². The second-order valence-corrected chi connectivity index (χ2v) is 4.70. The Labute approximate surface area is 108 Å². The molecule has 0 amide bonds. The smallest absolute Gasteiger partial charge is 0.104 e. The number of ether oxygens (including phenoxy) is 1. The summed E-state index contributed by atoms with van der Waals surface area (Å²) in [6.07, 6.45) is 1.09. The molecule has 1 saturated heterocycles. The molecule has 17 heavy (non-hydrogen) atoms. The molecule has 1 aromatic carbocycles. The van der Waals surface area contributed by atoms with E-state index in [1.807, 2.05) is 18.2 Å². The highest BCUT2D eigenvalue weighted by Crippen LogP contribution is 2.13. The molecule has 3 nitrogen and oxygen atoms in total. The lowest BCUT2D eigenvalue weighted by atomic mass is 10.1. The lowest BCUT2D eigenvalue weighted by Crippen LogP contribution is -2.27. The van der Waals surface area contributed by atoms with Crippen LogP contribution in [0.3, 0.4) is 0 Å². The Kier molecular flexibility index (Phi) is 4.48. The highest BCUT2D eigenvalue weighted by atomic mass is 32.1. The predicted octanol–water partition coefficient (Wildman–Crippen LogP) is 1.54. The van der Waals surface area contributed by atoms with Gasteiger partial charge < -0.3 is 10.5 Å². The average molecular weight is 250 g/mol. The SMILES string of the molecule is NC(=S)c1ccccc1CN1CCCOCC1. The summed E-state index contributed by atoms with van der Waals surface area (Å²) in [6, 6.07) is 8.10. The zero-order chi connectivity index (χ0) is 12.1. The van der Waals surface area contributed by atoms with E-state index in [0.29, 0.717) is 4.99 Å². The zero-order valence-corrected chi connectivity index (χ0v) is 10.7. The Hall–Kier alpha value is -0.970. The van der Waals surface area contributed by atoms with Crippen LogP contribution in [-0.4, -0.2) is 36.2 Å². The molecular weight excluding hydrogens is 232 g/mol. The molecule has 1 heterocycles. The van der Waals surface area contributed by atoms with Gasteiger partial charge in [-0.1, -0.05) is 36.5 Å². The molecule has 1 fully saturated rings. The highest BCUT2D eigenvalue weighted by molar-refractivity contribution is 7.80. The summed E-state index contributed by atoms with van der Waals surface area (Å²) in [7, 11) is 0. The minimum absolute atomic E-state index is 0.478. The topological polar surface area (TPSA) is 38.5 Å². The Balaban J connectivity index is 2.09. The molecule has 1 aliphatic heterocycles. The van der Waals surface area contributed by atoms with Crippen molar-refractivity contribution in [2.75, 3.05) is 26.3 Å². The van der Waals surface area contributed by atoms with Crippen LogP contribution in [0.4, 0.5) is 0 Å². The monoisotopic (exact) mass is 250 g/mol. The van der Waals surface area contributed by atoms with E-state index in [0.717, 1.165) is 44.8 Å². The summed E-state index contributed by atoms with van der Waals surface area (Å²) in [6.45, 7) is 4.64. The van der Waals surface area contributed by atoms with Gasteiger partial charge >= 0.3 is 0 Å². The van der Waals surface area contributed by atoms with Crippen LogP contribution < -0.4 is 5.73 Å². The molecule has 0 saturated carbocycles. The van der Waals surface area contributed by atoms with Gasteiger partial charge in [-0.25, -0.2) is 0 Å². The number of hydrogen-bond donors (Lipinski definition) is 1. The van der Waals surface area contributed by atoms with Crippen LogP contribution in [-0.2, 0) is 11.3 Å². The van der Waals surface area contributed by atoms with Crippen molar-refractivity contribution >= 4 is 17.2 Å². The number of thiocarbonyl (C=S) groups is 1. The minimum Gasteiger partial charge on any atom is -0.389 e. The Morgan fingerprint density at radius 3 is 2.94 bits per heavy atom. The van der Waals surface area contributed by atoms with Crippen LogP contribution in [0.25, 0.3) is 0 Å². The maximum Gasteiger partial charge on any atom is 0.104 e. The van der Waals surface area contributed by atoms with E-state index in [1.165, 1.54) is 5.56 Å². The molecule has 2 rings (SSSR count). The van der Waals surface area contributed by atoms with E-state index in [4.69, 9.17) is 22.7 Å². The van der Waals surface area contributed by atoms with Crippen LogP contribution in [0.2, 0.25) is 0 Å². The lowest BCUT2D eigenvalue weighted by molar-refractivity contribution is 0.140. The van der Waals surface area contributed by atoms with Gasteiger partial charge in [-0.15, -0.1) is 0 Å². The summed E-state index contributed by atoms with van der Waals surface area (Å²) < 4.78 is 5.45. The van der Waals surface area contributed by atoms with Gasteiger partial charge in [-0.05, 0) is 12.0 Å². The zero-order valence-electron chi connectivity index (χ0n) is 9.89. The maximum absolute atomic E-state index is 5.74. The summed E-state index contributed by atoms with van der Waals surface area (Å²) >= 11 is 5.08. The number of nitrogens with two attached hydrogens (primary N) is 1. The number of benzene rings is 1. The van der Waals surface area contributed by atoms with Crippen LogP contribution in [0.15, 0.2) is 24.3 Å². The van der Waals surface area contributed by atoms with Gasteiger partial charge in [0.25, 0.3) is 0 Å². The van der Waals surface area contributed by atoms with Gasteiger partial charge in [-0.3, -0.25) is 4.90 Å². The second-order valence-electron chi connectivity index (χ2n) is 4.26. The standard InChI is InChI=1S/C13H18N2OS/c14-13(17)12-5-2-1-4-11(12)10-15-6-3-8-16-9-7-15/h1-2,4-5H,3,6-10H2,(H2,14,17). The molecule has 0 unspecified atom stereocenters.